The van der Waals surface area contributed by atoms with Gasteiger partial charge < -0.3 is 59.5 Å². The molecule has 10 atom stereocenters. The number of alkyl carbamates (subject to hydrolysis) is 2. The zero-order valence-corrected chi connectivity index (χ0v) is 62.0. The summed E-state index contributed by atoms with van der Waals surface area (Å²) in [6.45, 7) is 27.8. The molecule has 29 nitrogen and oxygen atoms in total. The van der Waals surface area contributed by atoms with E-state index in [-0.39, 0.29) is 67.2 Å². The molecule has 4 saturated carbocycles. The van der Waals surface area contributed by atoms with E-state index in [4.69, 9.17) is 40.0 Å². The number of nitrogens with one attached hydrogen (secondary N) is 6. The van der Waals surface area contributed by atoms with Gasteiger partial charge in [0, 0.05) is 47.8 Å². The van der Waals surface area contributed by atoms with Crippen LogP contribution in [0.4, 0.5) is 14.0 Å². The third kappa shape index (κ3) is 17.7. The van der Waals surface area contributed by atoms with Crippen molar-refractivity contribution in [3.63, 3.8) is 0 Å². The van der Waals surface area contributed by atoms with E-state index < -0.39 is 165 Å². The smallest absolute Gasteiger partial charge is 0.408 e. The number of halogens is 2. The van der Waals surface area contributed by atoms with Crippen molar-refractivity contribution in [1.29, 1.82) is 0 Å². The van der Waals surface area contributed by atoms with Gasteiger partial charge in [-0.05, 0) is 127 Å². The van der Waals surface area contributed by atoms with Crippen molar-refractivity contribution < 1.29 is 88.0 Å². The highest BCUT2D eigenvalue weighted by molar-refractivity contribution is 7.91. The van der Waals surface area contributed by atoms with Crippen molar-refractivity contribution in [2.75, 3.05) is 27.3 Å². The molecule has 5 heterocycles. The van der Waals surface area contributed by atoms with Gasteiger partial charge in [-0.15, -0.1) is 13.2 Å². The number of likely N-dealkylation sites (tertiary alicyclic amines) is 2. The highest BCUT2D eigenvalue weighted by Gasteiger charge is 2.64. The van der Waals surface area contributed by atoms with E-state index in [1.807, 2.05) is 0 Å². The predicted molar refractivity (Wildman–Crippen MR) is 372 cm³/mol. The van der Waals surface area contributed by atoms with E-state index in [0.29, 0.717) is 47.4 Å². The first-order chi connectivity index (χ1) is 47.4. The van der Waals surface area contributed by atoms with Crippen LogP contribution < -0.4 is 49.7 Å². The summed E-state index contributed by atoms with van der Waals surface area (Å²) in [5.74, 6) is -5.76. The SMILES string of the molecule is C=C[C@@H]1C[C@]1(NC(=O)[C@@H]1C[C@@H](Oc2nc3c(Cl)nccc3cc2OC)CN1C(=O)[C@@H](NC(=O)OC(C)(C)C)C(C)(C)C)C(=O)NS(=O)(=O)C1CC1.C=C[C@@H]1C[C@]1(NC(=O)[C@@H]1C[C@@H](Oc2nccc3cc(OC)c(F)cc23)CN1C(=O)[C@@H](NC(=O)OC(C)(C)C)C(C)(C)C)C(=O)NS(=O)(=O)C1CC1. The molecule has 6 aliphatic rings. The van der Waals surface area contributed by atoms with Gasteiger partial charge in [0.1, 0.15) is 64.2 Å². The number of aromatic nitrogens is 3. The largest absolute Gasteiger partial charge is 0.494 e. The van der Waals surface area contributed by atoms with E-state index in [2.05, 4.69) is 58.8 Å². The Labute approximate surface area is 597 Å². The second kappa shape index (κ2) is 28.9. The van der Waals surface area contributed by atoms with E-state index in [1.54, 1.807) is 101 Å². The predicted octanol–water partition coefficient (Wildman–Crippen LogP) is 6.59. The molecule has 1 aromatic carbocycles. The molecular weight excluding hydrogens is 1390 g/mol. The van der Waals surface area contributed by atoms with Gasteiger partial charge in [-0.25, -0.2) is 45.8 Å². The minimum atomic E-state index is -3.92. The molecule has 556 valence electrons. The van der Waals surface area contributed by atoms with E-state index in [0.717, 1.165) is 0 Å². The first-order valence-corrected chi connectivity index (χ1v) is 36.9. The second-order valence-corrected chi connectivity index (χ2v) is 35.0. The molecule has 33 heteroatoms. The fourth-order valence-corrected chi connectivity index (χ4v) is 15.2. The average Bonchev–Trinajstić information content (AvgIpc) is 1.58. The number of methoxy groups -OCH3 is 2. The summed E-state index contributed by atoms with van der Waals surface area (Å²) in [5, 5.41) is 11.2. The Kier molecular flexibility index (Phi) is 21.9. The van der Waals surface area contributed by atoms with Crippen LogP contribution in [0.3, 0.4) is 0 Å². The Morgan fingerprint density at radius 3 is 1.42 bits per heavy atom. The van der Waals surface area contributed by atoms with Gasteiger partial charge in [0.15, 0.2) is 22.5 Å². The topological polar surface area (TPSA) is 378 Å². The van der Waals surface area contributed by atoms with Gasteiger partial charge in [0.2, 0.25) is 49.6 Å². The molecule has 6 fully saturated rings. The number of amides is 8. The molecule has 2 saturated heterocycles. The number of hydrogen-bond donors (Lipinski definition) is 6. The molecule has 10 rings (SSSR count). The number of carbonyl (C=O) groups is 8. The lowest BCUT2D eigenvalue weighted by Crippen LogP contribution is -2.60. The molecule has 3 aromatic heterocycles. The maximum atomic E-state index is 14.8. The summed E-state index contributed by atoms with van der Waals surface area (Å²) in [5.41, 5.74) is -6.23. The molecule has 0 radical (unpaired) electrons. The van der Waals surface area contributed by atoms with Crippen LogP contribution in [0.15, 0.2) is 68.0 Å². The average molecular weight is 1480 g/mol. The van der Waals surface area contributed by atoms with Gasteiger partial charge in [0.25, 0.3) is 17.7 Å². The van der Waals surface area contributed by atoms with Gasteiger partial charge in [-0.3, -0.25) is 38.2 Å². The van der Waals surface area contributed by atoms with Crippen molar-refractivity contribution in [3.8, 4) is 23.3 Å². The Balaban J connectivity index is 0.000000237. The third-order valence-corrected chi connectivity index (χ3v) is 22.1. The van der Waals surface area contributed by atoms with Gasteiger partial charge in [-0.2, -0.15) is 0 Å². The van der Waals surface area contributed by atoms with Crippen LogP contribution in [0.1, 0.15) is 134 Å². The normalized spacial score (nSPS) is 23.9. The molecular formula is C69H91ClFN11O18S2. The van der Waals surface area contributed by atoms with Crippen LogP contribution >= 0.6 is 11.6 Å². The standard InChI is InChI=1S/C35H46FN5O9S.C34H45ClN6O9S/c1-9-20-17-35(20,31(44)40-51(46,47)22-10-11-22)39-28(42)25-15-21(49-29-23-16-24(36)26(48-8)14-19(23)12-13-37-29)18-41(25)30(43)27(33(2,3)4)38-32(45)50-34(5,6)7;1-9-19-16-34(19,30(44)40-51(46,47)21-10-11-21)39-27(42)22-15-20(49-28-23(48-8)14-18-12-13-36-26(35)24(18)37-28)17-41(22)29(43)25(32(2,3)4)38-31(45)50-33(5,6)7/h9,12-14,16,20-22,25,27H,1,10-11,15,17-18H2,2-8H3,(H,38,45)(H,39,42)(H,40,44);9,12-14,19-22,25H,1,10-11,15-17H2,2-8H3,(H,38,45)(H,39,42)(H,40,44)/t20-,21-,25+,27-,35-;19-,20-,22+,25-,34-/m11/s1. The fourth-order valence-electron chi connectivity index (χ4n) is 12.2. The van der Waals surface area contributed by atoms with Crippen LogP contribution in [0.2, 0.25) is 5.15 Å². The minimum Gasteiger partial charge on any atom is -0.494 e. The van der Waals surface area contributed by atoms with Gasteiger partial charge >= 0.3 is 12.2 Å². The summed E-state index contributed by atoms with van der Waals surface area (Å²) in [7, 11) is -5.05. The Hall–Kier alpha value is -8.65. The first-order valence-electron chi connectivity index (χ1n) is 33.4. The van der Waals surface area contributed by atoms with Crippen LogP contribution in [0.25, 0.3) is 21.7 Å². The maximum absolute atomic E-state index is 14.8. The van der Waals surface area contributed by atoms with E-state index in [9.17, 15) is 59.6 Å². The zero-order chi connectivity index (χ0) is 75.4. The van der Waals surface area contributed by atoms with Crippen LogP contribution in [-0.4, -0.2) is 186 Å². The molecule has 6 N–H and O–H groups in total. The number of pyridine rings is 3. The van der Waals surface area contributed by atoms with Crippen molar-refractivity contribution in [2.24, 2.45) is 22.7 Å². The quantitative estimate of drug-likeness (QED) is 0.0357. The maximum Gasteiger partial charge on any atom is 0.408 e. The second-order valence-electron chi connectivity index (χ2n) is 30.7. The molecule has 0 spiro atoms. The minimum absolute atomic E-state index is 0.0283. The van der Waals surface area contributed by atoms with Crippen LogP contribution in [0, 0.1) is 28.5 Å². The number of rotatable bonds is 22. The fraction of sp³-hybridized carbons (Fsp3) is 0.580. The van der Waals surface area contributed by atoms with Crippen molar-refractivity contribution in [2.45, 2.75) is 204 Å². The molecule has 4 aromatic rings. The molecule has 4 aliphatic carbocycles. The van der Waals surface area contributed by atoms with Gasteiger partial charge in [0.05, 0.1) is 37.8 Å². The van der Waals surface area contributed by atoms with Crippen LogP contribution in [-0.2, 0) is 58.3 Å². The molecule has 0 bridgehead atoms. The summed E-state index contributed by atoms with van der Waals surface area (Å²) < 4.78 is 104. The number of ether oxygens (including phenoxy) is 6. The zero-order valence-electron chi connectivity index (χ0n) is 59.6. The van der Waals surface area contributed by atoms with E-state index >= 15 is 0 Å². The number of nitrogens with zero attached hydrogens (tertiary/aromatic N) is 5. The lowest BCUT2D eigenvalue weighted by atomic mass is 9.85. The third-order valence-electron chi connectivity index (χ3n) is 18.1. The van der Waals surface area contributed by atoms with Crippen molar-refractivity contribution >= 4 is 101 Å². The number of benzene rings is 1. The highest BCUT2D eigenvalue weighted by Crippen LogP contribution is 2.48. The Morgan fingerprint density at radius 2 is 1.03 bits per heavy atom. The molecule has 102 heavy (non-hydrogen) atoms. The van der Waals surface area contributed by atoms with Gasteiger partial charge in [-0.1, -0.05) is 65.3 Å². The van der Waals surface area contributed by atoms with Crippen LogP contribution in [0.5, 0.6) is 23.3 Å². The lowest BCUT2D eigenvalue weighted by Gasteiger charge is -2.36. The number of sulfonamides is 2. The number of fused-ring (bicyclic) bond motifs is 2. The Morgan fingerprint density at radius 1 is 0.618 bits per heavy atom. The summed E-state index contributed by atoms with van der Waals surface area (Å²) in [6.07, 6.45) is 4.47. The highest BCUT2D eigenvalue weighted by atomic mass is 35.5. The number of hydrogen-bond acceptors (Lipinski definition) is 21. The first kappa shape index (κ1) is 77.5. The van der Waals surface area contributed by atoms with Crippen molar-refractivity contribution in [3.05, 3.63) is 79.0 Å². The van der Waals surface area contributed by atoms with E-state index in [1.165, 1.54) is 60.7 Å². The number of carbonyl (C=O) groups excluding carboxylic acids is 8. The summed E-state index contributed by atoms with van der Waals surface area (Å²) in [4.78, 5) is 125. The Bertz CT molecular complexity index is 4250. The monoisotopic (exact) mass is 1480 g/mol. The van der Waals surface area contributed by atoms with Crippen molar-refractivity contribution in [1.82, 2.24) is 55.5 Å². The lowest BCUT2D eigenvalue weighted by molar-refractivity contribution is -0.143. The molecule has 0 unspecified atom stereocenters. The molecule has 2 aliphatic heterocycles. The molecule has 8 amide bonds. The summed E-state index contributed by atoms with van der Waals surface area (Å²) >= 11 is 6.31. The summed E-state index contributed by atoms with van der Waals surface area (Å²) in [6, 6.07) is 3.00.